The molecule has 0 amide bonds. The summed E-state index contributed by atoms with van der Waals surface area (Å²) in [7, 11) is 0. The van der Waals surface area contributed by atoms with Crippen molar-refractivity contribution in [3.8, 4) is 0 Å². The van der Waals surface area contributed by atoms with E-state index in [0.29, 0.717) is 0 Å². The second-order valence-corrected chi connectivity index (χ2v) is 5.07. The molecule has 88 valence electrons. The van der Waals surface area contributed by atoms with Crippen LogP contribution in [-0.2, 0) is 6.54 Å². The largest absolute Gasteiger partial charge is 0.380 e. The number of nitrogens with zero attached hydrogens (tertiary/aromatic N) is 1. The van der Waals surface area contributed by atoms with Crippen LogP contribution < -0.4 is 5.32 Å². The van der Waals surface area contributed by atoms with Crippen LogP contribution in [0.15, 0.2) is 41.0 Å². The monoisotopic (exact) mass is 310 g/mol. The topological polar surface area (TPSA) is 24.9 Å². The molecule has 0 aliphatic heterocycles. The first-order chi connectivity index (χ1) is 8.15. The molecule has 0 atom stereocenters. The Balaban J connectivity index is 2.04. The number of aromatic nitrogens is 1. The Morgan fingerprint density at radius 1 is 1.29 bits per heavy atom. The molecule has 0 bridgehead atoms. The minimum absolute atomic E-state index is 0.734. The van der Waals surface area contributed by atoms with Crippen molar-refractivity contribution in [2.45, 2.75) is 13.5 Å². The van der Waals surface area contributed by atoms with E-state index in [9.17, 15) is 0 Å². The van der Waals surface area contributed by atoms with E-state index in [1.54, 1.807) is 0 Å². The molecule has 0 aliphatic carbocycles. The van der Waals surface area contributed by atoms with Gasteiger partial charge in [-0.05, 0) is 36.8 Å². The first kappa shape index (κ1) is 12.4. The van der Waals surface area contributed by atoms with Gasteiger partial charge in [-0.1, -0.05) is 33.6 Å². The van der Waals surface area contributed by atoms with Gasteiger partial charge in [0, 0.05) is 21.7 Å². The maximum Gasteiger partial charge on any atom is 0.0529 e. The fraction of sp³-hybridized carbons (Fsp3) is 0.154. The number of hydrogen-bond acceptors (Lipinski definition) is 2. The molecule has 1 aromatic carbocycles. The molecule has 2 nitrogen and oxygen atoms in total. The third-order valence-electron chi connectivity index (χ3n) is 2.41. The maximum absolute atomic E-state index is 5.89. The van der Waals surface area contributed by atoms with Crippen molar-refractivity contribution in [1.29, 1.82) is 0 Å². The molecule has 0 saturated carbocycles. The molecule has 1 N–H and O–H groups in total. The van der Waals surface area contributed by atoms with Gasteiger partial charge in [0.1, 0.15) is 0 Å². The molecule has 0 aliphatic rings. The van der Waals surface area contributed by atoms with Crippen molar-refractivity contribution < 1.29 is 0 Å². The summed E-state index contributed by atoms with van der Waals surface area (Å²) in [5.41, 5.74) is 3.19. The van der Waals surface area contributed by atoms with Crippen LogP contribution in [0.4, 0.5) is 5.69 Å². The maximum atomic E-state index is 5.89. The fourth-order valence-corrected chi connectivity index (χ4v) is 2.26. The second kappa shape index (κ2) is 5.52. The molecule has 1 heterocycles. The average Bonchev–Trinajstić information content (AvgIpc) is 2.30. The van der Waals surface area contributed by atoms with Gasteiger partial charge in [-0.15, -0.1) is 0 Å². The van der Waals surface area contributed by atoms with Crippen molar-refractivity contribution in [3.05, 3.63) is 57.3 Å². The van der Waals surface area contributed by atoms with E-state index in [0.717, 1.165) is 33.0 Å². The lowest BCUT2D eigenvalue weighted by Crippen LogP contribution is -2.00. The molecule has 0 saturated heterocycles. The molecule has 17 heavy (non-hydrogen) atoms. The van der Waals surface area contributed by atoms with Gasteiger partial charge >= 0.3 is 0 Å². The normalized spacial score (nSPS) is 10.3. The highest BCUT2D eigenvalue weighted by Crippen LogP contribution is 2.22. The summed E-state index contributed by atoms with van der Waals surface area (Å²) >= 11 is 9.38. The molecule has 2 rings (SSSR count). The summed E-state index contributed by atoms with van der Waals surface area (Å²) in [6.07, 6.45) is 1.83. The highest BCUT2D eigenvalue weighted by molar-refractivity contribution is 9.10. The van der Waals surface area contributed by atoms with Gasteiger partial charge in [0.2, 0.25) is 0 Å². The third-order valence-corrected chi connectivity index (χ3v) is 3.38. The number of benzene rings is 1. The average molecular weight is 312 g/mol. The van der Waals surface area contributed by atoms with Crippen molar-refractivity contribution in [2.24, 2.45) is 0 Å². The lowest BCUT2D eigenvalue weighted by Gasteiger charge is -2.08. The number of aryl methyl sites for hydroxylation is 1. The van der Waals surface area contributed by atoms with E-state index in [-0.39, 0.29) is 0 Å². The Labute approximate surface area is 114 Å². The number of pyridine rings is 1. The SMILES string of the molecule is Cc1ccc(NCc2ccc(Cl)cc2Br)cn1. The summed E-state index contributed by atoms with van der Waals surface area (Å²) < 4.78 is 1.01. The van der Waals surface area contributed by atoms with Gasteiger partial charge in [-0.2, -0.15) is 0 Å². The highest BCUT2D eigenvalue weighted by atomic mass is 79.9. The van der Waals surface area contributed by atoms with Crippen LogP contribution in [-0.4, -0.2) is 4.98 Å². The zero-order valence-electron chi connectivity index (χ0n) is 9.37. The number of hydrogen-bond donors (Lipinski definition) is 1. The molecular formula is C13H12BrClN2. The highest BCUT2D eigenvalue weighted by Gasteiger charge is 2.00. The molecule has 0 unspecified atom stereocenters. The van der Waals surface area contributed by atoms with Crippen molar-refractivity contribution in [3.63, 3.8) is 0 Å². The quantitative estimate of drug-likeness (QED) is 0.907. The van der Waals surface area contributed by atoms with Crippen LogP contribution in [0.2, 0.25) is 5.02 Å². The van der Waals surface area contributed by atoms with Crippen LogP contribution in [0.25, 0.3) is 0 Å². The number of anilines is 1. The molecule has 2 aromatic rings. The van der Waals surface area contributed by atoms with Crippen molar-refractivity contribution in [1.82, 2.24) is 4.98 Å². The van der Waals surface area contributed by atoms with Gasteiger partial charge in [0.15, 0.2) is 0 Å². The Morgan fingerprint density at radius 2 is 2.12 bits per heavy atom. The van der Waals surface area contributed by atoms with E-state index in [1.807, 2.05) is 43.5 Å². The summed E-state index contributed by atoms with van der Waals surface area (Å²) in [5, 5.41) is 4.05. The minimum Gasteiger partial charge on any atom is -0.380 e. The predicted octanol–water partition coefficient (Wildman–Crippen LogP) is 4.42. The zero-order chi connectivity index (χ0) is 12.3. The van der Waals surface area contributed by atoms with Crippen LogP contribution in [0, 0.1) is 6.92 Å². The summed E-state index contributed by atoms with van der Waals surface area (Å²) in [6, 6.07) is 9.79. The van der Waals surface area contributed by atoms with E-state index in [4.69, 9.17) is 11.6 Å². The first-order valence-electron chi connectivity index (χ1n) is 5.25. The number of rotatable bonds is 3. The lowest BCUT2D eigenvalue weighted by molar-refractivity contribution is 1.11. The third kappa shape index (κ3) is 3.45. The van der Waals surface area contributed by atoms with Gasteiger partial charge < -0.3 is 5.32 Å². The summed E-state index contributed by atoms with van der Waals surface area (Å²) in [4.78, 5) is 4.23. The van der Waals surface area contributed by atoms with E-state index >= 15 is 0 Å². The lowest BCUT2D eigenvalue weighted by atomic mass is 10.2. The summed E-state index contributed by atoms with van der Waals surface area (Å²) in [5.74, 6) is 0. The minimum atomic E-state index is 0.734. The number of nitrogens with one attached hydrogen (secondary N) is 1. The van der Waals surface area contributed by atoms with E-state index < -0.39 is 0 Å². The second-order valence-electron chi connectivity index (χ2n) is 3.78. The van der Waals surface area contributed by atoms with Crippen LogP contribution in [0.5, 0.6) is 0 Å². The van der Waals surface area contributed by atoms with Crippen molar-refractivity contribution >= 4 is 33.2 Å². The predicted molar refractivity (Wildman–Crippen MR) is 75.5 cm³/mol. The summed E-state index contributed by atoms with van der Waals surface area (Å²) in [6.45, 7) is 2.71. The molecule has 0 fully saturated rings. The van der Waals surface area contributed by atoms with Crippen LogP contribution in [0.3, 0.4) is 0 Å². The van der Waals surface area contributed by atoms with Crippen molar-refractivity contribution in [2.75, 3.05) is 5.32 Å². The van der Waals surface area contributed by atoms with Crippen LogP contribution >= 0.6 is 27.5 Å². The molecule has 0 radical (unpaired) electrons. The van der Waals surface area contributed by atoms with E-state index in [1.165, 1.54) is 0 Å². The smallest absolute Gasteiger partial charge is 0.0529 e. The first-order valence-corrected chi connectivity index (χ1v) is 6.43. The molecular weight excluding hydrogens is 300 g/mol. The van der Waals surface area contributed by atoms with Gasteiger partial charge in [-0.3, -0.25) is 4.98 Å². The van der Waals surface area contributed by atoms with Gasteiger partial charge in [-0.25, -0.2) is 0 Å². The fourth-order valence-electron chi connectivity index (χ4n) is 1.43. The zero-order valence-corrected chi connectivity index (χ0v) is 11.7. The Kier molecular flexibility index (Phi) is 4.02. The Hall–Kier alpha value is -1.06. The van der Waals surface area contributed by atoms with Gasteiger partial charge in [0.05, 0.1) is 11.9 Å². The standard InChI is InChI=1S/C13H12BrClN2/c1-9-2-5-12(8-16-9)17-7-10-3-4-11(15)6-13(10)14/h2-6,8,17H,7H2,1H3. The van der Waals surface area contributed by atoms with Gasteiger partial charge in [0.25, 0.3) is 0 Å². The molecule has 4 heteroatoms. The Bertz CT molecular complexity index is 511. The van der Waals surface area contributed by atoms with E-state index in [2.05, 4.69) is 26.2 Å². The number of halogens is 2. The molecule has 1 aromatic heterocycles. The Morgan fingerprint density at radius 3 is 2.76 bits per heavy atom. The van der Waals surface area contributed by atoms with Crippen LogP contribution in [0.1, 0.15) is 11.3 Å². The molecule has 0 spiro atoms.